The fraction of sp³-hybridized carbons (Fsp3) is 0.600. The summed E-state index contributed by atoms with van der Waals surface area (Å²) in [5.74, 6) is -0.564. The summed E-state index contributed by atoms with van der Waals surface area (Å²) in [6.45, 7) is 1.99. The normalized spacial score (nSPS) is 22.7. The molecule has 1 aromatic carbocycles. The van der Waals surface area contributed by atoms with Gasteiger partial charge in [-0.05, 0) is 18.4 Å². The van der Waals surface area contributed by atoms with Crippen molar-refractivity contribution in [2.75, 3.05) is 32.1 Å². The molecule has 0 aliphatic carbocycles. The van der Waals surface area contributed by atoms with E-state index in [1.165, 1.54) is 4.31 Å². The van der Waals surface area contributed by atoms with Crippen molar-refractivity contribution in [2.45, 2.75) is 25.0 Å². The minimum absolute atomic E-state index is 0.132. The molecule has 2 aliphatic heterocycles. The van der Waals surface area contributed by atoms with E-state index in [0.717, 1.165) is 18.4 Å². The molecule has 0 amide bonds. The van der Waals surface area contributed by atoms with Crippen molar-refractivity contribution in [3.05, 3.63) is 35.9 Å². The molecule has 21 heavy (non-hydrogen) atoms. The predicted octanol–water partition coefficient (Wildman–Crippen LogP) is 1.40. The van der Waals surface area contributed by atoms with Crippen LogP contribution in [-0.2, 0) is 25.9 Å². The summed E-state index contributed by atoms with van der Waals surface area (Å²) in [4.78, 5) is 0. The molecule has 0 aromatic heterocycles. The number of benzene rings is 1. The van der Waals surface area contributed by atoms with Crippen LogP contribution in [0.5, 0.6) is 0 Å². The maximum absolute atomic E-state index is 12.5. The average molecular weight is 311 g/mol. The third kappa shape index (κ3) is 3.45. The second kappa shape index (κ2) is 6.04. The second-order valence-corrected chi connectivity index (χ2v) is 7.68. The largest absolute Gasteiger partial charge is 0.346 e. The zero-order chi connectivity index (χ0) is 14.8. The van der Waals surface area contributed by atoms with Gasteiger partial charge >= 0.3 is 0 Å². The molecule has 0 unspecified atom stereocenters. The van der Waals surface area contributed by atoms with Gasteiger partial charge in [0.05, 0.1) is 25.5 Å². The lowest BCUT2D eigenvalue weighted by atomic mass is 10.1. The Labute approximate surface area is 125 Å². The average Bonchev–Trinajstić information content (AvgIpc) is 2.94. The van der Waals surface area contributed by atoms with Crippen LogP contribution in [0.25, 0.3) is 0 Å². The van der Waals surface area contributed by atoms with Gasteiger partial charge in [0, 0.05) is 13.0 Å². The lowest BCUT2D eigenvalue weighted by Crippen LogP contribution is -2.51. The van der Waals surface area contributed by atoms with Crippen LogP contribution in [0.1, 0.15) is 18.4 Å². The Bertz CT molecular complexity index is 567. The molecule has 1 aromatic rings. The molecule has 2 fully saturated rings. The third-order valence-electron chi connectivity index (χ3n) is 4.08. The van der Waals surface area contributed by atoms with Crippen LogP contribution in [-0.4, -0.2) is 50.6 Å². The van der Waals surface area contributed by atoms with Gasteiger partial charge in [0.1, 0.15) is 0 Å². The highest BCUT2D eigenvalue weighted by molar-refractivity contribution is 7.89. The number of rotatable bonds is 4. The summed E-state index contributed by atoms with van der Waals surface area (Å²) in [5.41, 5.74) is 1.04. The Hall–Kier alpha value is -0.950. The van der Waals surface area contributed by atoms with E-state index < -0.39 is 15.8 Å². The van der Waals surface area contributed by atoms with E-state index in [1.807, 2.05) is 30.3 Å². The summed E-state index contributed by atoms with van der Waals surface area (Å²) in [6, 6.07) is 9.70. The molecule has 2 aliphatic rings. The van der Waals surface area contributed by atoms with Crippen molar-refractivity contribution < 1.29 is 17.9 Å². The highest BCUT2D eigenvalue weighted by Crippen LogP contribution is 2.31. The zero-order valence-corrected chi connectivity index (χ0v) is 12.8. The highest BCUT2D eigenvalue weighted by Gasteiger charge is 2.43. The predicted molar refractivity (Wildman–Crippen MR) is 79.4 cm³/mol. The first-order valence-electron chi connectivity index (χ1n) is 7.39. The van der Waals surface area contributed by atoms with Gasteiger partial charge in [0.25, 0.3) is 0 Å². The van der Waals surface area contributed by atoms with E-state index in [2.05, 4.69) is 0 Å². The minimum atomic E-state index is -3.27. The van der Waals surface area contributed by atoms with Crippen molar-refractivity contribution >= 4 is 10.0 Å². The van der Waals surface area contributed by atoms with Crippen molar-refractivity contribution in [3.8, 4) is 0 Å². The first-order chi connectivity index (χ1) is 10.1. The number of sulfonamides is 1. The van der Waals surface area contributed by atoms with Crippen molar-refractivity contribution in [2.24, 2.45) is 0 Å². The molecule has 0 N–H and O–H groups in total. The van der Waals surface area contributed by atoms with Crippen LogP contribution in [0.2, 0.25) is 0 Å². The Balaban J connectivity index is 1.64. The number of hydrogen-bond donors (Lipinski definition) is 0. The molecule has 5 nitrogen and oxygen atoms in total. The van der Waals surface area contributed by atoms with E-state index >= 15 is 0 Å². The van der Waals surface area contributed by atoms with Crippen LogP contribution in [0.15, 0.2) is 30.3 Å². The molecular formula is C15H21NO4S. The van der Waals surface area contributed by atoms with Gasteiger partial charge in [-0.3, -0.25) is 0 Å². The number of aryl methyl sites for hydroxylation is 1. The Kier molecular flexibility index (Phi) is 4.31. The summed E-state index contributed by atoms with van der Waals surface area (Å²) >= 11 is 0. The summed E-state index contributed by atoms with van der Waals surface area (Å²) in [7, 11) is -3.27. The number of nitrogens with zero attached hydrogens (tertiary/aromatic N) is 1. The smallest absolute Gasteiger partial charge is 0.214 e. The van der Waals surface area contributed by atoms with Crippen LogP contribution < -0.4 is 0 Å². The van der Waals surface area contributed by atoms with Crippen molar-refractivity contribution in [1.29, 1.82) is 0 Å². The maximum Gasteiger partial charge on any atom is 0.214 e. The maximum atomic E-state index is 12.5. The second-order valence-electron chi connectivity index (χ2n) is 5.60. The third-order valence-corrected chi connectivity index (χ3v) is 5.90. The van der Waals surface area contributed by atoms with Crippen LogP contribution in [0.4, 0.5) is 0 Å². The molecule has 2 heterocycles. The topological polar surface area (TPSA) is 55.8 Å². The zero-order valence-electron chi connectivity index (χ0n) is 12.0. The van der Waals surface area contributed by atoms with Crippen LogP contribution in [0, 0.1) is 0 Å². The number of ether oxygens (including phenoxy) is 2. The molecule has 2 saturated heterocycles. The fourth-order valence-electron chi connectivity index (χ4n) is 2.94. The van der Waals surface area contributed by atoms with E-state index in [9.17, 15) is 8.42 Å². The van der Waals surface area contributed by atoms with Gasteiger partial charge in [0.15, 0.2) is 5.79 Å². The molecule has 0 saturated carbocycles. The van der Waals surface area contributed by atoms with Gasteiger partial charge in [-0.25, -0.2) is 8.42 Å². The van der Waals surface area contributed by atoms with Crippen molar-refractivity contribution in [3.63, 3.8) is 0 Å². The highest BCUT2D eigenvalue weighted by atomic mass is 32.2. The van der Waals surface area contributed by atoms with E-state index in [1.54, 1.807) is 0 Å². The molecule has 116 valence electrons. The van der Waals surface area contributed by atoms with Gasteiger partial charge in [-0.1, -0.05) is 30.3 Å². The number of hydrogen-bond acceptors (Lipinski definition) is 4. The molecule has 0 radical (unpaired) electrons. The van der Waals surface area contributed by atoms with Crippen LogP contribution in [0.3, 0.4) is 0 Å². The SMILES string of the molecule is O=S(=O)(CCc1ccccc1)N1CCCC2(C1)OCCO2. The Morgan fingerprint density at radius 2 is 1.86 bits per heavy atom. The Morgan fingerprint density at radius 3 is 2.57 bits per heavy atom. The Morgan fingerprint density at radius 1 is 1.14 bits per heavy atom. The fourth-order valence-corrected chi connectivity index (χ4v) is 4.49. The molecular weight excluding hydrogens is 290 g/mol. The van der Waals surface area contributed by atoms with Gasteiger partial charge in [-0.15, -0.1) is 0 Å². The van der Waals surface area contributed by atoms with Gasteiger partial charge in [-0.2, -0.15) is 4.31 Å². The van der Waals surface area contributed by atoms with Gasteiger partial charge in [0.2, 0.25) is 10.0 Å². The van der Waals surface area contributed by atoms with E-state index in [0.29, 0.717) is 32.7 Å². The molecule has 1 spiro atoms. The van der Waals surface area contributed by atoms with E-state index in [-0.39, 0.29) is 5.75 Å². The number of piperidine rings is 1. The van der Waals surface area contributed by atoms with Crippen molar-refractivity contribution in [1.82, 2.24) is 4.31 Å². The molecule has 0 atom stereocenters. The standard InChI is InChI=1S/C15H21NO4S/c17-21(18,12-7-14-5-2-1-3-6-14)16-9-4-8-15(13-16)19-10-11-20-15/h1-3,5-6H,4,7-13H2. The molecule has 0 bridgehead atoms. The lowest BCUT2D eigenvalue weighted by molar-refractivity contribution is -0.179. The molecule has 6 heteroatoms. The molecule has 3 rings (SSSR count). The van der Waals surface area contributed by atoms with Crippen LogP contribution >= 0.6 is 0 Å². The first-order valence-corrected chi connectivity index (χ1v) is 9.00. The monoisotopic (exact) mass is 311 g/mol. The quantitative estimate of drug-likeness (QED) is 0.843. The minimum Gasteiger partial charge on any atom is -0.346 e. The lowest BCUT2D eigenvalue weighted by Gasteiger charge is -2.37. The first kappa shape index (κ1) is 15.0. The summed E-state index contributed by atoms with van der Waals surface area (Å²) in [6.07, 6.45) is 2.09. The van der Waals surface area contributed by atoms with Gasteiger partial charge < -0.3 is 9.47 Å². The van der Waals surface area contributed by atoms with E-state index in [4.69, 9.17) is 9.47 Å². The summed E-state index contributed by atoms with van der Waals surface area (Å²) in [5, 5.41) is 0. The summed E-state index contributed by atoms with van der Waals surface area (Å²) < 4.78 is 37.8.